The van der Waals surface area contributed by atoms with Gasteiger partial charge in [0.05, 0.1) is 0 Å². The van der Waals surface area contributed by atoms with E-state index in [2.05, 4.69) is 36.2 Å². The standard InChI is InChI=1S/C23H27NO.C2H2O4/c1-24-16-15-19-7-5-6-10-22(19)23(24)17-18-11-13-21(14-12-18)25-20-8-3-2-4-9-20;3-1(4)2(5)6/h2-4,8-9,11-14,23H,5-7,10,15-17H2,1H3;(H,3,4)(H,5,6). The zero-order valence-corrected chi connectivity index (χ0v) is 17.8. The van der Waals surface area contributed by atoms with E-state index in [9.17, 15) is 0 Å². The maximum absolute atomic E-state index is 9.10. The molecule has 1 atom stereocenters. The SMILES string of the molecule is CN1CCC2=C(CCCC2)C1Cc1ccc(Oc2ccccc2)cc1.O=C(O)C(=O)O. The zero-order chi connectivity index (χ0) is 22.2. The van der Waals surface area contributed by atoms with Crippen molar-refractivity contribution >= 4 is 11.9 Å². The molecule has 6 heteroatoms. The Bertz CT molecular complexity index is 909. The van der Waals surface area contributed by atoms with Gasteiger partial charge in [0.25, 0.3) is 0 Å². The van der Waals surface area contributed by atoms with Crippen LogP contribution in [0.15, 0.2) is 65.7 Å². The van der Waals surface area contributed by atoms with Crippen LogP contribution in [0.1, 0.15) is 37.7 Å². The van der Waals surface area contributed by atoms with Crippen LogP contribution in [0, 0.1) is 0 Å². The van der Waals surface area contributed by atoms with Crippen molar-refractivity contribution in [2.75, 3.05) is 13.6 Å². The number of carboxylic acids is 2. The molecule has 31 heavy (non-hydrogen) atoms. The number of rotatable bonds is 4. The first kappa shape index (κ1) is 22.6. The van der Waals surface area contributed by atoms with E-state index in [1.165, 1.54) is 44.2 Å². The average Bonchev–Trinajstić information content (AvgIpc) is 2.78. The van der Waals surface area contributed by atoms with Crippen LogP contribution in [0.5, 0.6) is 11.5 Å². The van der Waals surface area contributed by atoms with Crippen LogP contribution in [0.25, 0.3) is 0 Å². The minimum atomic E-state index is -1.82. The molecule has 0 spiro atoms. The Balaban J connectivity index is 0.000000401. The summed E-state index contributed by atoms with van der Waals surface area (Å²) in [6, 6.07) is 19.2. The Morgan fingerprint density at radius 3 is 2.16 bits per heavy atom. The largest absolute Gasteiger partial charge is 0.473 e. The Morgan fingerprint density at radius 2 is 1.52 bits per heavy atom. The molecule has 0 fully saturated rings. The summed E-state index contributed by atoms with van der Waals surface area (Å²) in [4.78, 5) is 20.8. The molecule has 6 nitrogen and oxygen atoms in total. The summed E-state index contributed by atoms with van der Waals surface area (Å²) in [5, 5.41) is 14.8. The van der Waals surface area contributed by atoms with Crippen molar-refractivity contribution in [3.63, 3.8) is 0 Å². The van der Waals surface area contributed by atoms with Crippen molar-refractivity contribution < 1.29 is 24.5 Å². The summed E-state index contributed by atoms with van der Waals surface area (Å²) < 4.78 is 5.91. The predicted octanol–water partition coefficient (Wildman–Crippen LogP) is 4.75. The second-order valence-electron chi connectivity index (χ2n) is 7.96. The Morgan fingerprint density at radius 1 is 0.903 bits per heavy atom. The lowest BCUT2D eigenvalue weighted by Gasteiger charge is -2.39. The van der Waals surface area contributed by atoms with Gasteiger partial charge in [-0.15, -0.1) is 0 Å². The molecule has 164 valence electrons. The van der Waals surface area contributed by atoms with Crippen molar-refractivity contribution in [2.45, 2.75) is 44.6 Å². The summed E-state index contributed by atoms with van der Waals surface area (Å²) in [5.74, 6) is -1.85. The number of likely N-dealkylation sites (N-methyl/N-ethyl adjacent to an activating group) is 1. The highest BCUT2D eigenvalue weighted by atomic mass is 16.5. The number of ether oxygens (including phenoxy) is 1. The molecule has 2 aliphatic rings. The molecule has 1 heterocycles. The Kier molecular flexibility index (Phi) is 7.84. The Hall–Kier alpha value is -3.12. The minimum absolute atomic E-state index is 0.588. The summed E-state index contributed by atoms with van der Waals surface area (Å²) in [7, 11) is 2.29. The van der Waals surface area contributed by atoms with Gasteiger partial charge in [-0.2, -0.15) is 0 Å². The van der Waals surface area contributed by atoms with Gasteiger partial charge in [0, 0.05) is 12.6 Å². The van der Waals surface area contributed by atoms with E-state index >= 15 is 0 Å². The quantitative estimate of drug-likeness (QED) is 0.545. The summed E-state index contributed by atoms with van der Waals surface area (Å²) in [6.07, 6.45) is 7.80. The van der Waals surface area contributed by atoms with Gasteiger partial charge >= 0.3 is 11.9 Å². The predicted molar refractivity (Wildman–Crippen MR) is 118 cm³/mol. The van der Waals surface area contributed by atoms with Gasteiger partial charge in [-0.05, 0) is 75.4 Å². The number of carboxylic acid groups (broad SMARTS) is 2. The van der Waals surface area contributed by atoms with E-state index in [1.807, 2.05) is 30.3 Å². The van der Waals surface area contributed by atoms with Crippen molar-refractivity contribution in [1.29, 1.82) is 0 Å². The van der Waals surface area contributed by atoms with Gasteiger partial charge in [0.1, 0.15) is 11.5 Å². The van der Waals surface area contributed by atoms with Crippen LogP contribution in [0.2, 0.25) is 0 Å². The highest BCUT2D eigenvalue weighted by molar-refractivity contribution is 6.27. The fraction of sp³-hybridized carbons (Fsp3) is 0.360. The highest BCUT2D eigenvalue weighted by Gasteiger charge is 2.28. The molecule has 4 rings (SSSR count). The van der Waals surface area contributed by atoms with Crippen LogP contribution in [-0.2, 0) is 16.0 Å². The lowest BCUT2D eigenvalue weighted by atomic mass is 9.81. The van der Waals surface area contributed by atoms with Crippen molar-refractivity contribution in [3.8, 4) is 11.5 Å². The third-order valence-electron chi connectivity index (χ3n) is 5.84. The molecule has 2 N–H and O–H groups in total. The van der Waals surface area contributed by atoms with Crippen LogP contribution in [0.3, 0.4) is 0 Å². The van der Waals surface area contributed by atoms with E-state index in [0.717, 1.165) is 17.9 Å². The molecule has 1 unspecified atom stereocenters. The maximum atomic E-state index is 9.10. The van der Waals surface area contributed by atoms with Crippen LogP contribution >= 0.6 is 0 Å². The number of hydrogen-bond donors (Lipinski definition) is 2. The van der Waals surface area contributed by atoms with Gasteiger partial charge in [-0.3, -0.25) is 4.90 Å². The molecular formula is C25H29NO5. The van der Waals surface area contributed by atoms with Crippen LogP contribution < -0.4 is 4.74 Å². The van der Waals surface area contributed by atoms with E-state index in [1.54, 1.807) is 11.1 Å². The molecule has 2 aromatic rings. The van der Waals surface area contributed by atoms with Crippen LogP contribution in [-0.4, -0.2) is 46.7 Å². The number of para-hydroxylation sites is 1. The third-order valence-corrected chi connectivity index (χ3v) is 5.84. The molecule has 2 aromatic carbocycles. The van der Waals surface area contributed by atoms with Crippen molar-refractivity contribution in [2.24, 2.45) is 0 Å². The minimum Gasteiger partial charge on any atom is -0.473 e. The fourth-order valence-corrected chi connectivity index (χ4v) is 4.23. The second kappa shape index (κ2) is 10.8. The van der Waals surface area contributed by atoms with Gasteiger partial charge in [-0.1, -0.05) is 41.5 Å². The molecule has 0 amide bonds. The van der Waals surface area contributed by atoms with E-state index < -0.39 is 11.9 Å². The van der Waals surface area contributed by atoms with Gasteiger partial charge in [-0.25, -0.2) is 9.59 Å². The zero-order valence-electron chi connectivity index (χ0n) is 17.8. The smallest absolute Gasteiger partial charge is 0.414 e. The third kappa shape index (κ3) is 6.43. The first-order valence-corrected chi connectivity index (χ1v) is 10.6. The summed E-state index contributed by atoms with van der Waals surface area (Å²) in [5.41, 5.74) is 4.90. The molecule has 1 aliphatic carbocycles. The van der Waals surface area contributed by atoms with E-state index in [-0.39, 0.29) is 0 Å². The normalized spacial score (nSPS) is 18.4. The molecule has 0 radical (unpaired) electrons. The molecule has 1 aliphatic heterocycles. The van der Waals surface area contributed by atoms with Gasteiger partial charge in [0.2, 0.25) is 0 Å². The van der Waals surface area contributed by atoms with Gasteiger partial charge in [0.15, 0.2) is 0 Å². The molecule has 0 bridgehead atoms. The molecule has 0 saturated carbocycles. The number of benzene rings is 2. The molecule has 0 saturated heterocycles. The maximum Gasteiger partial charge on any atom is 0.414 e. The van der Waals surface area contributed by atoms with Crippen molar-refractivity contribution in [1.82, 2.24) is 4.90 Å². The lowest BCUT2D eigenvalue weighted by Crippen LogP contribution is -2.40. The Labute approximate surface area is 182 Å². The van der Waals surface area contributed by atoms with E-state index in [0.29, 0.717) is 6.04 Å². The van der Waals surface area contributed by atoms with Gasteiger partial charge < -0.3 is 14.9 Å². The molecular weight excluding hydrogens is 394 g/mol. The highest BCUT2D eigenvalue weighted by Crippen LogP contribution is 2.35. The fourth-order valence-electron chi connectivity index (χ4n) is 4.23. The number of nitrogens with zero attached hydrogens (tertiary/aromatic N) is 1. The van der Waals surface area contributed by atoms with Crippen molar-refractivity contribution in [3.05, 3.63) is 71.3 Å². The number of aliphatic carboxylic acids is 2. The molecule has 0 aromatic heterocycles. The van der Waals surface area contributed by atoms with E-state index in [4.69, 9.17) is 24.5 Å². The lowest BCUT2D eigenvalue weighted by molar-refractivity contribution is -0.159. The average molecular weight is 424 g/mol. The second-order valence-corrected chi connectivity index (χ2v) is 7.96. The van der Waals surface area contributed by atoms with Crippen LogP contribution in [0.4, 0.5) is 0 Å². The first-order chi connectivity index (χ1) is 14.9. The number of hydrogen-bond acceptors (Lipinski definition) is 4. The monoisotopic (exact) mass is 423 g/mol. The first-order valence-electron chi connectivity index (χ1n) is 10.6. The summed E-state index contributed by atoms with van der Waals surface area (Å²) >= 11 is 0. The topological polar surface area (TPSA) is 87.1 Å². The summed E-state index contributed by atoms with van der Waals surface area (Å²) in [6.45, 7) is 1.21. The number of carbonyl (C=O) groups is 2.